The van der Waals surface area contributed by atoms with Crippen molar-refractivity contribution in [3.05, 3.63) is 65.2 Å². The first-order valence-corrected chi connectivity index (χ1v) is 8.97. The summed E-state index contributed by atoms with van der Waals surface area (Å²) in [5, 5.41) is 5.56. The first-order chi connectivity index (χ1) is 12.5. The highest BCUT2D eigenvalue weighted by Gasteiger charge is 2.12. The minimum atomic E-state index is -0.240. The summed E-state index contributed by atoms with van der Waals surface area (Å²) < 4.78 is 0. The molecule has 27 heavy (non-hydrogen) atoms. The molecule has 0 unspecified atom stereocenters. The van der Waals surface area contributed by atoms with Crippen LogP contribution in [0.5, 0.6) is 0 Å². The maximum atomic E-state index is 12.3. The number of benzene rings is 2. The molecule has 2 aromatic carbocycles. The van der Waals surface area contributed by atoms with Crippen LogP contribution < -0.4 is 16.4 Å². The minimum Gasteiger partial charge on any atom is -0.351 e. The van der Waals surface area contributed by atoms with Crippen molar-refractivity contribution in [2.75, 3.05) is 18.4 Å². The minimum absolute atomic E-state index is 0. The first kappa shape index (κ1) is 22.7. The number of aryl methyl sites for hydroxylation is 1. The summed E-state index contributed by atoms with van der Waals surface area (Å²) in [6.45, 7) is 5.08. The third kappa shape index (κ3) is 7.04. The second-order valence-corrected chi connectivity index (χ2v) is 6.53. The number of carbonyl (C=O) groups excluding carboxylic acids is 2. The van der Waals surface area contributed by atoms with E-state index in [1.807, 2.05) is 0 Å². The lowest BCUT2D eigenvalue weighted by Gasteiger charge is -2.11. The number of rotatable bonds is 8. The molecule has 0 atom stereocenters. The summed E-state index contributed by atoms with van der Waals surface area (Å²) >= 11 is 0. The van der Waals surface area contributed by atoms with Crippen LogP contribution in [0.4, 0.5) is 5.69 Å². The lowest BCUT2D eigenvalue weighted by molar-refractivity contribution is -0.116. The summed E-state index contributed by atoms with van der Waals surface area (Å²) in [5.74, 6) is 0.141. The highest BCUT2D eigenvalue weighted by molar-refractivity contribution is 6.03. The Hall–Kier alpha value is -2.37. The Morgan fingerprint density at radius 3 is 2.33 bits per heavy atom. The maximum absolute atomic E-state index is 12.3. The van der Waals surface area contributed by atoms with E-state index in [4.69, 9.17) is 5.73 Å². The van der Waals surface area contributed by atoms with Crippen molar-refractivity contribution in [1.82, 2.24) is 5.32 Å². The topological polar surface area (TPSA) is 84.2 Å². The van der Waals surface area contributed by atoms with E-state index in [-0.39, 0.29) is 24.2 Å². The van der Waals surface area contributed by atoms with Crippen LogP contribution in [0.2, 0.25) is 0 Å². The van der Waals surface area contributed by atoms with Gasteiger partial charge in [-0.25, -0.2) is 0 Å². The van der Waals surface area contributed by atoms with Gasteiger partial charge in [0.15, 0.2) is 0 Å². The normalized spacial score (nSPS) is 10.2. The van der Waals surface area contributed by atoms with Gasteiger partial charge in [-0.05, 0) is 35.6 Å². The average Bonchev–Trinajstić information content (AvgIpc) is 2.65. The summed E-state index contributed by atoms with van der Waals surface area (Å²) in [4.78, 5) is 24.4. The Morgan fingerprint density at radius 2 is 1.70 bits per heavy atom. The van der Waals surface area contributed by atoms with Gasteiger partial charge in [0, 0.05) is 19.5 Å². The van der Waals surface area contributed by atoms with E-state index in [0.717, 1.165) is 5.56 Å². The standard InChI is InChI=1S/C21H27N3O2.ClH/c1-15(2)17-10-7-16(8-11-17)9-12-20(25)24-19-6-4-3-5-18(19)21(26)23-14-13-22;/h3-8,10-11,15H,9,12-14,22H2,1-2H3,(H,23,26)(H,24,25);1H. The van der Waals surface area contributed by atoms with E-state index in [2.05, 4.69) is 48.7 Å². The van der Waals surface area contributed by atoms with E-state index in [1.54, 1.807) is 24.3 Å². The highest BCUT2D eigenvalue weighted by atomic mass is 35.5. The number of para-hydroxylation sites is 1. The van der Waals surface area contributed by atoms with Crippen LogP contribution in [0.1, 0.15) is 47.7 Å². The van der Waals surface area contributed by atoms with E-state index < -0.39 is 0 Å². The number of nitrogens with two attached hydrogens (primary N) is 1. The number of carbonyl (C=O) groups is 2. The number of halogens is 1. The Kier molecular flexibility index (Phi) is 9.54. The maximum Gasteiger partial charge on any atom is 0.253 e. The SMILES string of the molecule is CC(C)c1ccc(CCC(=O)Nc2ccccc2C(=O)NCCN)cc1.Cl. The third-order valence-electron chi connectivity index (χ3n) is 4.16. The number of anilines is 1. The monoisotopic (exact) mass is 389 g/mol. The summed E-state index contributed by atoms with van der Waals surface area (Å²) in [7, 11) is 0. The molecule has 0 saturated carbocycles. The molecule has 5 nitrogen and oxygen atoms in total. The van der Waals surface area contributed by atoms with Crippen LogP contribution >= 0.6 is 12.4 Å². The zero-order valence-corrected chi connectivity index (χ0v) is 16.6. The molecule has 2 aromatic rings. The molecular formula is C21H28ClN3O2. The molecule has 0 aliphatic carbocycles. The lowest BCUT2D eigenvalue weighted by atomic mass is 10.0. The first-order valence-electron chi connectivity index (χ1n) is 8.97. The van der Waals surface area contributed by atoms with Crippen molar-refractivity contribution in [1.29, 1.82) is 0 Å². The molecule has 0 aromatic heterocycles. The molecule has 2 amide bonds. The van der Waals surface area contributed by atoms with Gasteiger partial charge in [0.1, 0.15) is 0 Å². The zero-order valence-electron chi connectivity index (χ0n) is 15.8. The lowest BCUT2D eigenvalue weighted by Crippen LogP contribution is -2.30. The third-order valence-corrected chi connectivity index (χ3v) is 4.16. The van der Waals surface area contributed by atoms with E-state index in [9.17, 15) is 9.59 Å². The Labute approximate surface area is 167 Å². The van der Waals surface area contributed by atoms with Crippen molar-refractivity contribution >= 4 is 29.9 Å². The van der Waals surface area contributed by atoms with E-state index >= 15 is 0 Å². The molecule has 0 spiro atoms. The average molecular weight is 390 g/mol. The molecule has 2 rings (SSSR count). The van der Waals surface area contributed by atoms with Gasteiger partial charge in [-0.2, -0.15) is 0 Å². The fraction of sp³-hybridized carbons (Fsp3) is 0.333. The molecular weight excluding hydrogens is 362 g/mol. The molecule has 0 saturated heterocycles. The van der Waals surface area contributed by atoms with Crippen molar-refractivity contribution in [3.8, 4) is 0 Å². The smallest absolute Gasteiger partial charge is 0.253 e. The van der Waals surface area contributed by atoms with Gasteiger partial charge in [0.05, 0.1) is 11.3 Å². The van der Waals surface area contributed by atoms with Gasteiger partial charge >= 0.3 is 0 Å². The Morgan fingerprint density at radius 1 is 1.04 bits per heavy atom. The molecule has 0 radical (unpaired) electrons. The summed E-state index contributed by atoms with van der Waals surface area (Å²) in [5.41, 5.74) is 8.78. The predicted octanol–water partition coefficient (Wildman–Crippen LogP) is 3.49. The van der Waals surface area contributed by atoms with Crippen LogP contribution in [0.3, 0.4) is 0 Å². The van der Waals surface area contributed by atoms with Crippen molar-refractivity contribution in [2.45, 2.75) is 32.6 Å². The quantitative estimate of drug-likeness (QED) is 0.646. The fourth-order valence-corrected chi connectivity index (χ4v) is 2.61. The van der Waals surface area contributed by atoms with Gasteiger partial charge in [0.25, 0.3) is 5.91 Å². The van der Waals surface area contributed by atoms with Crippen LogP contribution in [-0.2, 0) is 11.2 Å². The number of hydrogen-bond acceptors (Lipinski definition) is 3. The molecule has 0 fully saturated rings. The zero-order chi connectivity index (χ0) is 18.9. The molecule has 0 aliphatic heterocycles. The van der Waals surface area contributed by atoms with Crippen LogP contribution in [0.25, 0.3) is 0 Å². The van der Waals surface area contributed by atoms with Crippen LogP contribution in [-0.4, -0.2) is 24.9 Å². The molecule has 146 valence electrons. The van der Waals surface area contributed by atoms with Crippen molar-refractivity contribution < 1.29 is 9.59 Å². The molecule has 0 heterocycles. The van der Waals surface area contributed by atoms with E-state index in [1.165, 1.54) is 5.56 Å². The molecule has 0 aliphatic rings. The van der Waals surface area contributed by atoms with Crippen LogP contribution in [0, 0.1) is 0 Å². The van der Waals surface area contributed by atoms with Gasteiger partial charge in [-0.3, -0.25) is 9.59 Å². The van der Waals surface area contributed by atoms with Crippen molar-refractivity contribution in [3.63, 3.8) is 0 Å². The predicted molar refractivity (Wildman–Crippen MR) is 113 cm³/mol. The van der Waals surface area contributed by atoms with Gasteiger partial charge in [0.2, 0.25) is 5.91 Å². The highest BCUT2D eigenvalue weighted by Crippen LogP contribution is 2.17. The van der Waals surface area contributed by atoms with Gasteiger partial charge in [-0.1, -0.05) is 50.2 Å². The second-order valence-electron chi connectivity index (χ2n) is 6.53. The fourth-order valence-electron chi connectivity index (χ4n) is 2.61. The molecule has 0 bridgehead atoms. The van der Waals surface area contributed by atoms with Gasteiger partial charge in [-0.15, -0.1) is 12.4 Å². The number of amides is 2. The van der Waals surface area contributed by atoms with Crippen molar-refractivity contribution in [2.24, 2.45) is 5.73 Å². The molecule has 4 N–H and O–H groups in total. The Balaban J connectivity index is 0.00000364. The number of nitrogens with one attached hydrogen (secondary N) is 2. The van der Waals surface area contributed by atoms with E-state index in [0.29, 0.717) is 43.1 Å². The Bertz CT molecular complexity index is 745. The summed E-state index contributed by atoms with van der Waals surface area (Å²) in [6, 6.07) is 15.3. The largest absolute Gasteiger partial charge is 0.351 e. The van der Waals surface area contributed by atoms with Crippen LogP contribution in [0.15, 0.2) is 48.5 Å². The number of hydrogen-bond donors (Lipinski definition) is 3. The van der Waals surface area contributed by atoms with Gasteiger partial charge < -0.3 is 16.4 Å². The second kappa shape index (κ2) is 11.4. The molecule has 6 heteroatoms. The summed E-state index contributed by atoms with van der Waals surface area (Å²) in [6.07, 6.45) is 1.02.